The van der Waals surface area contributed by atoms with Gasteiger partial charge in [0.1, 0.15) is 17.0 Å². The minimum Gasteiger partial charge on any atom is -0.472 e. The van der Waals surface area contributed by atoms with E-state index in [1.807, 2.05) is 0 Å². The lowest BCUT2D eigenvalue weighted by Gasteiger charge is -2.10. The summed E-state index contributed by atoms with van der Waals surface area (Å²) in [4.78, 5) is 12.5. The summed E-state index contributed by atoms with van der Waals surface area (Å²) in [6, 6.07) is 8.70. The first kappa shape index (κ1) is 16.3. The Bertz CT molecular complexity index is 842. The van der Waals surface area contributed by atoms with Crippen molar-refractivity contribution in [1.29, 1.82) is 0 Å². The fourth-order valence-electron chi connectivity index (χ4n) is 2.34. The first-order chi connectivity index (χ1) is 11.6. The van der Waals surface area contributed by atoms with Crippen LogP contribution in [0.4, 0.5) is 0 Å². The number of amides is 1. The molecule has 6 nitrogen and oxygen atoms in total. The van der Waals surface area contributed by atoms with Crippen LogP contribution in [-0.2, 0) is 0 Å². The predicted octanol–water partition coefficient (Wildman–Crippen LogP) is 3.36. The summed E-state index contributed by atoms with van der Waals surface area (Å²) >= 11 is 6.18. The zero-order valence-electron chi connectivity index (χ0n) is 12.8. The van der Waals surface area contributed by atoms with E-state index in [1.54, 1.807) is 37.3 Å². The Hall–Kier alpha value is -2.57. The third-order valence-corrected chi connectivity index (χ3v) is 3.93. The van der Waals surface area contributed by atoms with Crippen LogP contribution in [0.25, 0.3) is 11.3 Å². The molecule has 124 valence electrons. The van der Waals surface area contributed by atoms with Crippen LogP contribution in [0.2, 0.25) is 5.02 Å². The normalized spacial score (nSPS) is 12.1. The van der Waals surface area contributed by atoms with Crippen molar-refractivity contribution in [2.24, 2.45) is 0 Å². The monoisotopic (exact) mass is 346 g/mol. The zero-order chi connectivity index (χ0) is 17.1. The lowest BCUT2D eigenvalue weighted by molar-refractivity contribution is 0.0915. The van der Waals surface area contributed by atoms with E-state index in [9.17, 15) is 9.90 Å². The lowest BCUT2D eigenvalue weighted by Crippen LogP contribution is -2.28. The Morgan fingerprint density at radius 1 is 1.38 bits per heavy atom. The largest absolute Gasteiger partial charge is 0.472 e. The highest BCUT2D eigenvalue weighted by Crippen LogP contribution is 2.30. The molecule has 0 saturated carbocycles. The summed E-state index contributed by atoms with van der Waals surface area (Å²) < 4.78 is 10.1. The summed E-state index contributed by atoms with van der Waals surface area (Å²) in [5.74, 6) is -0.0218. The van der Waals surface area contributed by atoms with E-state index < -0.39 is 12.0 Å². The Labute approximate surface area is 143 Å². The quantitative estimate of drug-likeness (QED) is 0.739. The number of hydrogen-bond acceptors (Lipinski definition) is 5. The molecule has 0 aliphatic heterocycles. The van der Waals surface area contributed by atoms with E-state index in [0.29, 0.717) is 33.2 Å². The molecule has 24 heavy (non-hydrogen) atoms. The van der Waals surface area contributed by atoms with E-state index >= 15 is 0 Å². The topological polar surface area (TPSA) is 88.5 Å². The van der Waals surface area contributed by atoms with Gasteiger partial charge in [-0.1, -0.05) is 35.0 Å². The Morgan fingerprint density at radius 2 is 2.17 bits per heavy atom. The van der Waals surface area contributed by atoms with Crippen molar-refractivity contribution in [1.82, 2.24) is 10.5 Å². The fourth-order valence-corrected chi connectivity index (χ4v) is 2.56. The molecule has 1 aromatic carbocycles. The van der Waals surface area contributed by atoms with Crippen molar-refractivity contribution in [3.05, 3.63) is 64.8 Å². The molecule has 1 atom stereocenters. The Balaban J connectivity index is 1.81. The molecule has 7 heteroatoms. The van der Waals surface area contributed by atoms with E-state index in [-0.39, 0.29) is 6.54 Å². The van der Waals surface area contributed by atoms with Crippen LogP contribution in [0, 0.1) is 6.92 Å². The maximum atomic E-state index is 12.5. The average molecular weight is 347 g/mol. The summed E-state index contributed by atoms with van der Waals surface area (Å²) in [5, 5.41) is 17.1. The number of aliphatic hydroxyl groups is 1. The molecule has 2 heterocycles. The SMILES string of the molecule is Cc1onc(-c2ccccc2Cl)c1C(=O)NC[C@@H](O)c1ccoc1. The Kier molecular flexibility index (Phi) is 4.69. The number of aryl methyl sites for hydroxylation is 1. The number of furan rings is 1. The molecule has 0 aliphatic rings. The molecule has 3 aromatic rings. The number of carbonyl (C=O) groups excluding carboxylic acids is 1. The molecule has 2 N–H and O–H groups in total. The van der Waals surface area contributed by atoms with Gasteiger partial charge in [-0.15, -0.1) is 0 Å². The molecular formula is C17H15ClN2O4. The minimum absolute atomic E-state index is 0.0327. The van der Waals surface area contributed by atoms with Gasteiger partial charge in [-0.05, 0) is 19.1 Å². The van der Waals surface area contributed by atoms with Crippen LogP contribution in [0.15, 0.2) is 51.8 Å². The van der Waals surface area contributed by atoms with Gasteiger partial charge in [0.2, 0.25) is 0 Å². The molecule has 3 rings (SSSR count). The number of aliphatic hydroxyl groups excluding tert-OH is 1. The molecule has 0 unspecified atom stereocenters. The first-order valence-electron chi connectivity index (χ1n) is 7.27. The van der Waals surface area contributed by atoms with Gasteiger partial charge in [0.05, 0.1) is 23.7 Å². The van der Waals surface area contributed by atoms with Gasteiger partial charge in [-0.3, -0.25) is 4.79 Å². The van der Waals surface area contributed by atoms with Crippen molar-refractivity contribution in [3.8, 4) is 11.3 Å². The second-order valence-corrected chi connectivity index (χ2v) is 5.63. The van der Waals surface area contributed by atoms with Crippen molar-refractivity contribution < 1.29 is 18.8 Å². The standard InChI is InChI=1S/C17H15ClN2O4/c1-10-15(16(20-24-10)12-4-2-3-5-13(12)18)17(22)19-8-14(21)11-6-7-23-9-11/h2-7,9,14,21H,8H2,1H3,(H,19,22)/t14-/m1/s1. The number of benzene rings is 1. The number of nitrogens with one attached hydrogen (secondary N) is 1. The smallest absolute Gasteiger partial charge is 0.257 e. The molecule has 0 saturated heterocycles. The van der Waals surface area contributed by atoms with Gasteiger partial charge in [-0.2, -0.15) is 0 Å². The van der Waals surface area contributed by atoms with E-state index in [0.717, 1.165) is 0 Å². The molecule has 0 fully saturated rings. The van der Waals surface area contributed by atoms with Gasteiger partial charge in [0, 0.05) is 17.7 Å². The van der Waals surface area contributed by atoms with Crippen LogP contribution >= 0.6 is 11.6 Å². The molecule has 0 aliphatic carbocycles. The highest BCUT2D eigenvalue weighted by molar-refractivity contribution is 6.33. The maximum Gasteiger partial charge on any atom is 0.257 e. The lowest BCUT2D eigenvalue weighted by atomic mass is 10.1. The van der Waals surface area contributed by atoms with E-state index in [2.05, 4.69) is 10.5 Å². The van der Waals surface area contributed by atoms with Gasteiger partial charge in [-0.25, -0.2) is 0 Å². The average Bonchev–Trinajstić information content (AvgIpc) is 3.22. The number of hydrogen-bond donors (Lipinski definition) is 2. The Morgan fingerprint density at radius 3 is 2.88 bits per heavy atom. The molecule has 0 radical (unpaired) electrons. The second-order valence-electron chi connectivity index (χ2n) is 5.22. The first-order valence-corrected chi connectivity index (χ1v) is 7.65. The van der Waals surface area contributed by atoms with Gasteiger partial charge >= 0.3 is 0 Å². The van der Waals surface area contributed by atoms with Crippen LogP contribution in [-0.4, -0.2) is 22.7 Å². The van der Waals surface area contributed by atoms with Crippen LogP contribution < -0.4 is 5.32 Å². The van der Waals surface area contributed by atoms with Crippen LogP contribution in [0.3, 0.4) is 0 Å². The maximum absolute atomic E-state index is 12.5. The van der Waals surface area contributed by atoms with E-state index in [1.165, 1.54) is 12.5 Å². The molecular weight excluding hydrogens is 332 g/mol. The number of carbonyl (C=O) groups is 1. The number of aromatic nitrogens is 1. The van der Waals surface area contributed by atoms with Crippen molar-refractivity contribution >= 4 is 17.5 Å². The number of rotatable bonds is 5. The van der Waals surface area contributed by atoms with Gasteiger partial charge < -0.3 is 19.4 Å². The summed E-state index contributed by atoms with van der Waals surface area (Å²) in [6.07, 6.45) is 2.02. The van der Waals surface area contributed by atoms with Crippen molar-refractivity contribution in [2.45, 2.75) is 13.0 Å². The highest BCUT2D eigenvalue weighted by Gasteiger charge is 2.23. The molecule has 1 amide bonds. The minimum atomic E-state index is -0.864. The second kappa shape index (κ2) is 6.90. The predicted molar refractivity (Wildman–Crippen MR) is 87.7 cm³/mol. The molecule has 2 aromatic heterocycles. The van der Waals surface area contributed by atoms with Crippen molar-refractivity contribution in [3.63, 3.8) is 0 Å². The van der Waals surface area contributed by atoms with Gasteiger partial charge in [0.25, 0.3) is 5.91 Å². The molecule has 0 spiro atoms. The number of nitrogens with zero attached hydrogens (tertiary/aromatic N) is 1. The van der Waals surface area contributed by atoms with Crippen LogP contribution in [0.1, 0.15) is 27.8 Å². The zero-order valence-corrected chi connectivity index (χ0v) is 13.6. The van der Waals surface area contributed by atoms with E-state index in [4.69, 9.17) is 20.5 Å². The third kappa shape index (κ3) is 3.20. The highest BCUT2D eigenvalue weighted by atomic mass is 35.5. The number of halogens is 1. The summed E-state index contributed by atoms with van der Waals surface area (Å²) in [5.41, 5.74) is 1.86. The van der Waals surface area contributed by atoms with Crippen molar-refractivity contribution in [2.75, 3.05) is 6.54 Å². The van der Waals surface area contributed by atoms with Gasteiger partial charge in [0.15, 0.2) is 0 Å². The van der Waals surface area contributed by atoms with Crippen LogP contribution in [0.5, 0.6) is 0 Å². The summed E-state index contributed by atoms with van der Waals surface area (Å²) in [7, 11) is 0. The summed E-state index contributed by atoms with van der Waals surface area (Å²) in [6.45, 7) is 1.68. The third-order valence-electron chi connectivity index (χ3n) is 3.60. The fraction of sp³-hybridized carbons (Fsp3) is 0.176. The molecule has 0 bridgehead atoms.